The third-order valence-corrected chi connectivity index (χ3v) is 3.61. The van der Waals surface area contributed by atoms with Crippen molar-refractivity contribution >= 4 is 27.5 Å². The maximum absolute atomic E-state index is 12.0. The highest BCUT2D eigenvalue weighted by atomic mass is 79.9. The molecule has 1 amide bonds. The van der Waals surface area contributed by atoms with Crippen LogP contribution in [0.4, 0.5) is 5.69 Å². The fraction of sp³-hybridized carbons (Fsp3) is 0. The van der Waals surface area contributed by atoms with Gasteiger partial charge in [0.1, 0.15) is 11.5 Å². The Kier molecular flexibility index (Phi) is 4.68. The monoisotopic (exact) mass is 368 g/mol. The highest BCUT2D eigenvalue weighted by Crippen LogP contribution is 2.24. The topological polar surface area (TPSA) is 51.2 Å². The van der Waals surface area contributed by atoms with Crippen LogP contribution in [0.2, 0.25) is 0 Å². The molecule has 0 aliphatic carbocycles. The van der Waals surface area contributed by atoms with Gasteiger partial charge < -0.3 is 10.1 Å². The predicted octanol–water partition coefficient (Wildman–Crippen LogP) is 4.89. The SMILES string of the molecule is O=C(Nc1ccc(Oc2ccc(Br)cc2)cc1)c1cccnc1. The molecule has 0 saturated heterocycles. The van der Waals surface area contributed by atoms with Gasteiger partial charge >= 0.3 is 0 Å². The van der Waals surface area contributed by atoms with Crippen LogP contribution in [0.25, 0.3) is 0 Å². The molecule has 0 spiro atoms. The molecule has 5 heteroatoms. The van der Waals surface area contributed by atoms with Crippen LogP contribution in [0.5, 0.6) is 11.5 Å². The van der Waals surface area contributed by atoms with E-state index in [1.54, 1.807) is 42.6 Å². The molecule has 1 heterocycles. The molecule has 0 aliphatic heterocycles. The van der Waals surface area contributed by atoms with Gasteiger partial charge in [-0.25, -0.2) is 0 Å². The molecule has 2 aromatic carbocycles. The molecule has 0 bridgehead atoms. The van der Waals surface area contributed by atoms with E-state index in [4.69, 9.17) is 4.74 Å². The molecule has 114 valence electrons. The Hall–Kier alpha value is -2.66. The second-order valence-electron chi connectivity index (χ2n) is 4.78. The summed E-state index contributed by atoms with van der Waals surface area (Å²) in [4.78, 5) is 16.0. The van der Waals surface area contributed by atoms with Crippen LogP contribution in [0.3, 0.4) is 0 Å². The van der Waals surface area contributed by atoms with Crippen molar-refractivity contribution in [3.63, 3.8) is 0 Å². The lowest BCUT2D eigenvalue weighted by Gasteiger charge is -2.08. The second kappa shape index (κ2) is 7.07. The van der Waals surface area contributed by atoms with E-state index in [2.05, 4.69) is 26.2 Å². The van der Waals surface area contributed by atoms with Crippen LogP contribution in [0.15, 0.2) is 77.5 Å². The van der Waals surface area contributed by atoms with Gasteiger partial charge in [0.05, 0.1) is 5.56 Å². The molecule has 0 atom stereocenters. The summed E-state index contributed by atoms with van der Waals surface area (Å²) in [5.74, 6) is 1.26. The number of benzene rings is 2. The zero-order valence-electron chi connectivity index (χ0n) is 12.1. The number of amides is 1. The number of rotatable bonds is 4. The van der Waals surface area contributed by atoms with E-state index in [1.807, 2.05) is 24.3 Å². The van der Waals surface area contributed by atoms with E-state index < -0.39 is 0 Å². The molecule has 3 aromatic rings. The molecular weight excluding hydrogens is 356 g/mol. The van der Waals surface area contributed by atoms with E-state index >= 15 is 0 Å². The molecule has 0 unspecified atom stereocenters. The Morgan fingerprint density at radius 2 is 1.61 bits per heavy atom. The Labute approximate surface area is 142 Å². The molecule has 23 heavy (non-hydrogen) atoms. The van der Waals surface area contributed by atoms with Gasteiger partial charge in [-0.15, -0.1) is 0 Å². The summed E-state index contributed by atoms with van der Waals surface area (Å²) >= 11 is 3.38. The Morgan fingerprint density at radius 1 is 0.957 bits per heavy atom. The van der Waals surface area contributed by atoms with Crippen LogP contribution < -0.4 is 10.1 Å². The van der Waals surface area contributed by atoms with E-state index in [1.165, 1.54) is 6.20 Å². The fourth-order valence-electron chi connectivity index (χ4n) is 1.95. The molecule has 1 aromatic heterocycles. The lowest BCUT2D eigenvalue weighted by atomic mass is 10.2. The molecule has 3 rings (SSSR count). The summed E-state index contributed by atoms with van der Waals surface area (Å²) in [7, 11) is 0. The molecule has 0 radical (unpaired) electrons. The lowest BCUT2D eigenvalue weighted by Crippen LogP contribution is -2.11. The van der Waals surface area contributed by atoms with Crippen LogP contribution >= 0.6 is 15.9 Å². The highest BCUT2D eigenvalue weighted by Gasteiger charge is 2.06. The summed E-state index contributed by atoms with van der Waals surface area (Å²) in [5.41, 5.74) is 1.21. The normalized spacial score (nSPS) is 10.1. The maximum atomic E-state index is 12.0. The Balaban J connectivity index is 1.65. The quantitative estimate of drug-likeness (QED) is 0.713. The third kappa shape index (κ3) is 4.17. The predicted molar refractivity (Wildman–Crippen MR) is 92.8 cm³/mol. The third-order valence-electron chi connectivity index (χ3n) is 3.09. The number of aromatic nitrogens is 1. The van der Waals surface area contributed by atoms with Gasteiger partial charge in [-0.05, 0) is 60.7 Å². The zero-order valence-corrected chi connectivity index (χ0v) is 13.7. The van der Waals surface area contributed by atoms with Gasteiger partial charge in [0.15, 0.2) is 0 Å². The molecular formula is C18H13BrN2O2. The largest absolute Gasteiger partial charge is 0.457 e. The first kappa shape index (κ1) is 15.2. The first-order valence-electron chi connectivity index (χ1n) is 6.95. The summed E-state index contributed by atoms with van der Waals surface area (Å²) in [6, 6.07) is 18.2. The molecule has 4 nitrogen and oxygen atoms in total. The molecule has 0 aliphatic rings. The molecule has 0 fully saturated rings. The Morgan fingerprint density at radius 3 is 2.22 bits per heavy atom. The minimum Gasteiger partial charge on any atom is -0.457 e. The van der Waals surface area contributed by atoms with E-state index in [0.29, 0.717) is 17.0 Å². The van der Waals surface area contributed by atoms with Gasteiger partial charge in [0.2, 0.25) is 0 Å². The first-order chi connectivity index (χ1) is 11.2. The minimum atomic E-state index is -0.195. The number of nitrogens with one attached hydrogen (secondary N) is 1. The van der Waals surface area contributed by atoms with Crippen molar-refractivity contribution in [1.82, 2.24) is 4.98 Å². The van der Waals surface area contributed by atoms with E-state index in [0.717, 1.165) is 10.2 Å². The van der Waals surface area contributed by atoms with Crippen molar-refractivity contribution in [2.24, 2.45) is 0 Å². The van der Waals surface area contributed by atoms with Crippen molar-refractivity contribution in [3.05, 3.63) is 83.1 Å². The number of carbonyl (C=O) groups is 1. The van der Waals surface area contributed by atoms with Gasteiger partial charge in [0, 0.05) is 22.6 Å². The minimum absolute atomic E-state index is 0.195. The average Bonchev–Trinajstić information content (AvgIpc) is 2.59. The standard InChI is InChI=1S/C18H13BrN2O2/c19-14-3-7-16(8-4-14)23-17-9-5-15(6-10-17)21-18(22)13-2-1-11-20-12-13/h1-12H,(H,21,22). The number of ether oxygens (including phenoxy) is 1. The first-order valence-corrected chi connectivity index (χ1v) is 7.75. The zero-order chi connectivity index (χ0) is 16.1. The van der Waals surface area contributed by atoms with Gasteiger partial charge in [-0.2, -0.15) is 0 Å². The second-order valence-corrected chi connectivity index (χ2v) is 5.69. The number of halogens is 1. The summed E-state index contributed by atoms with van der Waals surface area (Å²) in [6.45, 7) is 0. The summed E-state index contributed by atoms with van der Waals surface area (Å²) in [6.07, 6.45) is 3.16. The van der Waals surface area contributed by atoms with Crippen molar-refractivity contribution in [2.45, 2.75) is 0 Å². The number of pyridine rings is 1. The number of nitrogens with zero attached hydrogens (tertiary/aromatic N) is 1. The molecule has 0 saturated carbocycles. The average molecular weight is 369 g/mol. The van der Waals surface area contributed by atoms with Gasteiger partial charge in [0.25, 0.3) is 5.91 Å². The van der Waals surface area contributed by atoms with Crippen molar-refractivity contribution in [3.8, 4) is 11.5 Å². The smallest absolute Gasteiger partial charge is 0.257 e. The summed E-state index contributed by atoms with van der Waals surface area (Å²) in [5, 5.41) is 2.82. The van der Waals surface area contributed by atoms with Gasteiger partial charge in [-0.1, -0.05) is 15.9 Å². The van der Waals surface area contributed by atoms with E-state index in [-0.39, 0.29) is 5.91 Å². The van der Waals surface area contributed by atoms with Crippen LogP contribution in [-0.2, 0) is 0 Å². The van der Waals surface area contributed by atoms with Crippen molar-refractivity contribution in [1.29, 1.82) is 0 Å². The molecule has 1 N–H and O–H groups in total. The van der Waals surface area contributed by atoms with Gasteiger partial charge in [-0.3, -0.25) is 9.78 Å². The maximum Gasteiger partial charge on any atom is 0.257 e. The van der Waals surface area contributed by atoms with E-state index in [9.17, 15) is 4.79 Å². The number of carbonyl (C=O) groups excluding carboxylic acids is 1. The van der Waals surface area contributed by atoms with Crippen molar-refractivity contribution < 1.29 is 9.53 Å². The summed E-state index contributed by atoms with van der Waals surface area (Å²) < 4.78 is 6.73. The number of hydrogen-bond acceptors (Lipinski definition) is 3. The fourth-order valence-corrected chi connectivity index (χ4v) is 2.21. The van der Waals surface area contributed by atoms with Crippen LogP contribution in [-0.4, -0.2) is 10.9 Å². The van der Waals surface area contributed by atoms with Crippen molar-refractivity contribution in [2.75, 3.05) is 5.32 Å². The van der Waals surface area contributed by atoms with Crippen LogP contribution in [0, 0.1) is 0 Å². The number of hydrogen-bond donors (Lipinski definition) is 1. The number of anilines is 1. The lowest BCUT2D eigenvalue weighted by molar-refractivity contribution is 0.102. The highest BCUT2D eigenvalue weighted by molar-refractivity contribution is 9.10. The Bertz CT molecular complexity index is 788. The van der Waals surface area contributed by atoms with Crippen LogP contribution in [0.1, 0.15) is 10.4 Å².